The summed E-state index contributed by atoms with van der Waals surface area (Å²) in [5, 5.41) is 13.7. The lowest BCUT2D eigenvalue weighted by molar-refractivity contribution is -0.384. The molecule has 0 aliphatic rings. The van der Waals surface area contributed by atoms with Crippen molar-refractivity contribution in [1.82, 2.24) is 9.97 Å². The minimum Gasteiger partial charge on any atom is -0.354 e. The van der Waals surface area contributed by atoms with E-state index in [1.807, 2.05) is 6.92 Å². The molecule has 0 saturated heterocycles. The van der Waals surface area contributed by atoms with Gasteiger partial charge >= 0.3 is 5.69 Å². The number of aromatic nitrogens is 2. The summed E-state index contributed by atoms with van der Waals surface area (Å²) in [7, 11) is 0. The molecule has 1 heterocycles. The lowest BCUT2D eigenvalue weighted by atomic mass is 10.1. The Morgan fingerprint density at radius 1 is 1.50 bits per heavy atom. The van der Waals surface area contributed by atoms with Gasteiger partial charge in [-0.3, -0.25) is 10.1 Å². The number of rotatable bonds is 4. The van der Waals surface area contributed by atoms with Crippen LogP contribution >= 0.6 is 11.6 Å². The lowest BCUT2D eigenvalue weighted by Crippen LogP contribution is -2.05. The number of hydrogen-bond donors (Lipinski definition) is 1. The van der Waals surface area contributed by atoms with Gasteiger partial charge in [-0.15, -0.1) is 0 Å². The zero-order chi connectivity index (χ0) is 14.7. The number of benzene rings is 1. The van der Waals surface area contributed by atoms with E-state index < -0.39 is 10.7 Å². The third-order valence-electron chi connectivity index (χ3n) is 2.49. The van der Waals surface area contributed by atoms with Crippen molar-refractivity contribution in [2.24, 2.45) is 0 Å². The van der Waals surface area contributed by atoms with E-state index in [1.54, 1.807) is 0 Å². The van der Waals surface area contributed by atoms with Gasteiger partial charge in [0, 0.05) is 12.1 Å². The molecule has 0 aliphatic carbocycles. The molecule has 104 valence electrons. The molecule has 1 aromatic heterocycles. The fourth-order valence-electron chi connectivity index (χ4n) is 1.61. The number of halogens is 2. The van der Waals surface area contributed by atoms with E-state index in [4.69, 9.17) is 11.6 Å². The summed E-state index contributed by atoms with van der Waals surface area (Å²) in [6, 6.07) is 3.81. The summed E-state index contributed by atoms with van der Waals surface area (Å²) >= 11 is 5.69. The highest BCUT2D eigenvalue weighted by Crippen LogP contribution is 2.30. The average molecular weight is 297 g/mol. The van der Waals surface area contributed by atoms with E-state index in [9.17, 15) is 14.5 Å². The smallest absolute Gasteiger partial charge is 0.313 e. The van der Waals surface area contributed by atoms with Crippen molar-refractivity contribution in [3.05, 3.63) is 45.4 Å². The van der Waals surface area contributed by atoms with Crippen molar-refractivity contribution in [3.8, 4) is 11.3 Å². The van der Waals surface area contributed by atoms with E-state index in [0.717, 1.165) is 12.3 Å². The van der Waals surface area contributed by atoms with Crippen LogP contribution in [0, 0.1) is 15.9 Å². The van der Waals surface area contributed by atoms with Gasteiger partial charge < -0.3 is 5.32 Å². The van der Waals surface area contributed by atoms with Gasteiger partial charge in [0.05, 0.1) is 9.95 Å². The summed E-state index contributed by atoms with van der Waals surface area (Å²) in [6.45, 7) is 2.42. The molecule has 0 saturated carbocycles. The first-order valence-corrected chi connectivity index (χ1v) is 6.11. The second-order valence-corrected chi connectivity index (χ2v) is 4.25. The zero-order valence-electron chi connectivity index (χ0n) is 10.4. The van der Waals surface area contributed by atoms with Crippen molar-refractivity contribution >= 4 is 23.2 Å². The van der Waals surface area contributed by atoms with Crippen LogP contribution < -0.4 is 5.32 Å². The summed E-state index contributed by atoms with van der Waals surface area (Å²) in [5.41, 5.74) is 0.168. The first-order valence-electron chi connectivity index (χ1n) is 5.73. The van der Waals surface area contributed by atoms with Crippen LogP contribution in [0.4, 0.5) is 16.0 Å². The Kier molecular flexibility index (Phi) is 4.09. The van der Waals surface area contributed by atoms with Crippen LogP contribution in [0.5, 0.6) is 0 Å². The van der Waals surface area contributed by atoms with E-state index in [0.29, 0.717) is 12.1 Å². The molecule has 0 atom stereocenters. The van der Waals surface area contributed by atoms with Gasteiger partial charge in [0.15, 0.2) is 5.69 Å². The zero-order valence-corrected chi connectivity index (χ0v) is 11.2. The Hall–Kier alpha value is -2.28. The van der Waals surface area contributed by atoms with Gasteiger partial charge in [0.1, 0.15) is 12.0 Å². The molecule has 2 aromatic rings. The van der Waals surface area contributed by atoms with Gasteiger partial charge in [-0.1, -0.05) is 11.6 Å². The predicted molar refractivity (Wildman–Crippen MR) is 73.3 cm³/mol. The maximum atomic E-state index is 13.2. The van der Waals surface area contributed by atoms with Crippen LogP contribution in [0.3, 0.4) is 0 Å². The molecular weight excluding hydrogens is 287 g/mol. The molecule has 6 nitrogen and oxygen atoms in total. The number of nitrogens with one attached hydrogen (secondary N) is 1. The molecule has 8 heteroatoms. The molecule has 0 fully saturated rings. The molecule has 0 amide bonds. The van der Waals surface area contributed by atoms with Gasteiger partial charge in [-0.2, -0.15) is 0 Å². The minimum atomic E-state index is -0.598. The molecule has 0 aliphatic heterocycles. The van der Waals surface area contributed by atoms with Crippen molar-refractivity contribution in [3.63, 3.8) is 0 Å². The average Bonchev–Trinajstić information content (AvgIpc) is 2.42. The van der Waals surface area contributed by atoms with Crippen molar-refractivity contribution in [1.29, 1.82) is 0 Å². The van der Waals surface area contributed by atoms with Crippen molar-refractivity contribution < 1.29 is 9.31 Å². The van der Waals surface area contributed by atoms with Crippen LogP contribution in [-0.4, -0.2) is 21.4 Å². The van der Waals surface area contributed by atoms with Gasteiger partial charge in [-0.05, 0) is 25.1 Å². The second kappa shape index (κ2) is 5.79. The first kappa shape index (κ1) is 14.1. The normalized spacial score (nSPS) is 10.3. The fourth-order valence-corrected chi connectivity index (χ4v) is 1.79. The summed E-state index contributed by atoms with van der Waals surface area (Å²) in [4.78, 5) is 18.3. The first-order chi connectivity index (χ1) is 9.52. The molecule has 20 heavy (non-hydrogen) atoms. The summed E-state index contributed by atoms with van der Waals surface area (Å²) < 4.78 is 13.2. The minimum absolute atomic E-state index is 0.0860. The Labute approximate surface area is 118 Å². The molecule has 0 radical (unpaired) electrons. The monoisotopic (exact) mass is 296 g/mol. The van der Waals surface area contributed by atoms with Crippen LogP contribution in [0.1, 0.15) is 6.92 Å². The van der Waals surface area contributed by atoms with Gasteiger partial charge in [0.2, 0.25) is 5.95 Å². The SMILES string of the molecule is CCNc1ncc([N+](=O)[O-])c(-c2ccc(F)c(Cl)c2)n1. The largest absolute Gasteiger partial charge is 0.354 e. The molecule has 1 N–H and O–H groups in total. The van der Waals surface area contributed by atoms with Gasteiger partial charge in [-0.25, -0.2) is 14.4 Å². The molecule has 0 spiro atoms. The molecule has 0 bridgehead atoms. The van der Waals surface area contributed by atoms with Crippen molar-refractivity contribution in [2.75, 3.05) is 11.9 Å². The van der Waals surface area contributed by atoms with Crippen LogP contribution in [0.15, 0.2) is 24.4 Å². The maximum Gasteiger partial charge on any atom is 0.313 e. The molecule has 0 unspecified atom stereocenters. The molecule has 2 rings (SSSR count). The van der Waals surface area contributed by atoms with Crippen molar-refractivity contribution in [2.45, 2.75) is 6.92 Å². The second-order valence-electron chi connectivity index (χ2n) is 3.84. The van der Waals surface area contributed by atoms with E-state index in [-0.39, 0.29) is 22.4 Å². The Morgan fingerprint density at radius 3 is 2.85 bits per heavy atom. The summed E-state index contributed by atoms with van der Waals surface area (Å²) in [5.74, 6) is -0.340. The topological polar surface area (TPSA) is 81.0 Å². The maximum absolute atomic E-state index is 13.2. The van der Waals surface area contributed by atoms with E-state index in [1.165, 1.54) is 12.1 Å². The van der Waals surface area contributed by atoms with E-state index >= 15 is 0 Å². The fraction of sp³-hybridized carbons (Fsp3) is 0.167. The highest BCUT2D eigenvalue weighted by Gasteiger charge is 2.19. The molecular formula is C12H10ClFN4O2. The van der Waals surface area contributed by atoms with Crippen LogP contribution in [0.2, 0.25) is 5.02 Å². The Morgan fingerprint density at radius 2 is 2.25 bits per heavy atom. The Bertz CT molecular complexity index is 666. The van der Waals surface area contributed by atoms with Crippen LogP contribution in [0.25, 0.3) is 11.3 Å². The quantitative estimate of drug-likeness (QED) is 0.691. The number of anilines is 1. The standard InChI is InChI=1S/C12H10ClFN4O2/c1-2-15-12-16-6-10(18(19)20)11(17-12)7-3-4-9(14)8(13)5-7/h3-6H,2H2,1H3,(H,15,16,17). The Balaban J connectivity index is 2.59. The third kappa shape index (κ3) is 2.83. The predicted octanol–water partition coefficient (Wildman–Crippen LogP) is 3.28. The number of hydrogen-bond acceptors (Lipinski definition) is 5. The highest BCUT2D eigenvalue weighted by atomic mass is 35.5. The molecule has 1 aromatic carbocycles. The van der Waals surface area contributed by atoms with Gasteiger partial charge in [0.25, 0.3) is 0 Å². The number of nitrogens with zero attached hydrogens (tertiary/aromatic N) is 3. The third-order valence-corrected chi connectivity index (χ3v) is 2.78. The lowest BCUT2D eigenvalue weighted by Gasteiger charge is -2.06. The highest BCUT2D eigenvalue weighted by molar-refractivity contribution is 6.31. The van der Waals surface area contributed by atoms with E-state index in [2.05, 4.69) is 15.3 Å². The number of nitro groups is 1. The van der Waals surface area contributed by atoms with Crippen LogP contribution in [-0.2, 0) is 0 Å². The summed E-state index contributed by atoms with van der Waals surface area (Å²) in [6.07, 6.45) is 1.11.